The Bertz CT molecular complexity index is 3770. The van der Waals surface area contributed by atoms with Crippen LogP contribution in [0.25, 0.3) is 44.3 Å². The van der Waals surface area contributed by atoms with Crippen LogP contribution in [0.5, 0.6) is 0 Å². The normalized spacial score (nSPS) is 15.7. The second-order valence-corrected chi connectivity index (χ2v) is 26.6. The van der Waals surface area contributed by atoms with E-state index in [0.717, 1.165) is 37.6 Å². The van der Waals surface area contributed by atoms with Crippen LogP contribution in [0.15, 0.2) is 149 Å². The molecule has 0 aliphatic carbocycles. The van der Waals surface area contributed by atoms with E-state index in [2.05, 4.69) is 28.7 Å². The molecule has 0 saturated carbocycles. The summed E-state index contributed by atoms with van der Waals surface area (Å²) in [7, 11) is -3.15. The predicted molar refractivity (Wildman–Crippen MR) is 325 cm³/mol. The average Bonchev–Trinajstić information content (AvgIpc) is 4.17. The number of benzene rings is 4. The molecule has 6 heterocycles. The minimum atomic E-state index is -3.84. The van der Waals surface area contributed by atoms with E-state index in [1.807, 2.05) is 65.8 Å². The number of hydrogen-bond acceptors (Lipinski definition) is 14. The second-order valence-electron chi connectivity index (χ2n) is 21.4. The molecule has 2 amide bonds. The number of fused-ring (bicyclic) bond motifs is 2. The summed E-state index contributed by atoms with van der Waals surface area (Å²) >= 11 is 18.7. The van der Waals surface area contributed by atoms with Crippen molar-refractivity contribution < 1.29 is 35.9 Å². The van der Waals surface area contributed by atoms with Gasteiger partial charge in [-0.3, -0.25) is 4.74 Å². The van der Waals surface area contributed by atoms with Gasteiger partial charge in [-0.2, -0.15) is 0 Å². The van der Waals surface area contributed by atoms with Crippen LogP contribution in [0, 0.1) is 5.92 Å². The number of para-hydroxylation sites is 2. The molecule has 0 unspecified atom stereocenters. The molecule has 0 spiro atoms. The molecule has 18 nitrogen and oxygen atoms in total. The van der Waals surface area contributed by atoms with Gasteiger partial charge in [0.15, 0.2) is 0 Å². The van der Waals surface area contributed by atoms with Crippen molar-refractivity contribution in [3.05, 3.63) is 155 Å². The van der Waals surface area contributed by atoms with Gasteiger partial charge in [0.2, 0.25) is 5.28 Å². The molecule has 0 radical (unpaired) electrons. The number of carbonyl (C=O) groups is 2. The first-order valence-electron chi connectivity index (χ1n) is 26.3. The molecule has 2 saturated heterocycles. The highest BCUT2D eigenvalue weighted by atomic mass is 35.5. The van der Waals surface area contributed by atoms with E-state index >= 15 is 0 Å². The number of nitrogens with zero attached hydrogens (tertiary/aromatic N) is 9. The van der Waals surface area contributed by atoms with Crippen LogP contribution < -0.4 is 5.73 Å². The Labute approximate surface area is 496 Å². The predicted octanol–water partition coefficient (Wildman–Crippen LogP) is 13.1. The third kappa shape index (κ3) is 16.0. The van der Waals surface area contributed by atoms with Gasteiger partial charge < -0.3 is 25.0 Å². The van der Waals surface area contributed by atoms with Gasteiger partial charge in [0.05, 0.1) is 48.5 Å². The van der Waals surface area contributed by atoms with Crippen molar-refractivity contribution in [1.29, 1.82) is 0 Å². The lowest BCUT2D eigenvalue weighted by molar-refractivity contribution is 0.0162. The maximum Gasteiger partial charge on any atom is 0.410 e. The van der Waals surface area contributed by atoms with E-state index in [-0.39, 0.29) is 44.2 Å². The molecule has 10 rings (SSSR count). The zero-order valence-corrected chi connectivity index (χ0v) is 51.4. The first-order chi connectivity index (χ1) is 38.8. The zero-order valence-electron chi connectivity index (χ0n) is 46.5. The van der Waals surface area contributed by atoms with Crippen LogP contribution in [-0.4, -0.2) is 117 Å². The second kappa shape index (κ2) is 27.3. The lowest BCUT2D eigenvalue weighted by Gasteiger charge is -2.34. The Balaban J connectivity index is 0.000000192. The molecule has 2 fully saturated rings. The number of aromatic nitrogens is 6. The van der Waals surface area contributed by atoms with E-state index in [9.17, 15) is 26.4 Å². The van der Waals surface area contributed by atoms with Crippen LogP contribution in [0.4, 0.5) is 9.59 Å². The van der Waals surface area contributed by atoms with E-state index in [1.54, 1.807) is 114 Å². The molecule has 4 aromatic carbocycles. The Hall–Kier alpha value is -6.51. The molecule has 2 aliphatic rings. The summed E-state index contributed by atoms with van der Waals surface area (Å²) in [4.78, 5) is 45.3. The number of likely N-dealkylation sites (tertiary alicyclic amines) is 2. The van der Waals surface area contributed by atoms with E-state index < -0.39 is 31.2 Å². The summed E-state index contributed by atoms with van der Waals surface area (Å²) in [6, 6.07) is 31.1. The monoisotopic (exact) mass is 1230 g/mol. The van der Waals surface area contributed by atoms with Crippen molar-refractivity contribution in [2.45, 2.75) is 101 Å². The Morgan fingerprint density at radius 2 is 1.05 bits per heavy atom. The van der Waals surface area contributed by atoms with Crippen LogP contribution in [-0.2, 0) is 35.9 Å². The maximum atomic E-state index is 13.5. The largest absolute Gasteiger partial charge is 0.444 e. The Morgan fingerprint density at radius 3 is 1.51 bits per heavy atom. The zero-order chi connectivity index (χ0) is 59.6. The van der Waals surface area contributed by atoms with Gasteiger partial charge in [0.25, 0.3) is 20.0 Å². The highest BCUT2D eigenvalue weighted by molar-refractivity contribution is 7.90. The number of piperidine rings is 2. The van der Waals surface area contributed by atoms with Gasteiger partial charge in [0.1, 0.15) is 17.0 Å². The molecule has 434 valence electrons. The number of halogens is 3. The molecule has 4 aromatic heterocycles. The van der Waals surface area contributed by atoms with Gasteiger partial charge >= 0.3 is 12.2 Å². The standard InChI is InChI=1S/C29H31ClN4O4S.C18H11Cl2N3O2S.C10H20N2O2.CH4NP/c1-29(2,3)38-28(35)33-15-9-10-20(18-33)16-26-31-17-24(30)27(32-26)23-19-34(25-14-8-7-13-22(23)25)39(36,37)21-11-5-4-6-12-21;19-15-10-21-18(20)22-17(15)14-11-23(16-9-5-4-8-13(14)16)26(24,25)12-6-2-1-3-7-12;1-10(2,3)14-9(13)12-6-4-5-8(11)7-12;1-2-3/h4-8,11-14,17,19-20H,9-10,15-16,18H2,1-3H3;1-11H;8H,4-7,11H2,1-3H3;3H,1H3/t20-;;8-;/m0.1./s1. The highest BCUT2D eigenvalue weighted by Gasteiger charge is 2.30. The van der Waals surface area contributed by atoms with Crippen LogP contribution >= 0.6 is 43.8 Å². The van der Waals surface area contributed by atoms with Crippen LogP contribution in [0.1, 0.15) is 73.1 Å². The van der Waals surface area contributed by atoms with Crippen LogP contribution in [0.2, 0.25) is 15.3 Å². The molecule has 0 bridgehead atoms. The fraction of sp³-hybridized carbons (Fsp3) is 0.345. The van der Waals surface area contributed by atoms with Crippen LogP contribution in [0.3, 0.4) is 0 Å². The van der Waals surface area contributed by atoms with Gasteiger partial charge in [-0.25, -0.2) is 54.3 Å². The third-order valence-electron chi connectivity index (χ3n) is 12.7. The number of amides is 2. The summed E-state index contributed by atoms with van der Waals surface area (Å²) in [5.74, 6) is 0.758. The van der Waals surface area contributed by atoms with E-state index in [0.29, 0.717) is 75.8 Å². The molecule has 82 heavy (non-hydrogen) atoms. The Morgan fingerprint density at radius 1 is 0.634 bits per heavy atom. The number of ether oxygens (including phenoxy) is 2. The lowest BCUT2D eigenvalue weighted by atomic mass is 9.94. The number of nitrogens with two attached hydrogens (primary N) is 1. The SMILES string of the molecule is CC(C)(C)OC(=O)N1CCC[C@@H](Cc2ncc(Cl)c(-c3cn(S(=O)(=O)c4ccccc4)c4ccccc34)n2)C1.CC(C)(C)OC(=O)N1CCC[C@@H](N)C1.CN=P.O=S(=O)(c1ccccc1)n1cc(-c2nc(Cl)ncc2Cl)c2ccccc21. The van der Waals surface area contributed by atoms with Crippen molar-refractivity contribution in [3.8, 4) is 22.5 Å². The molecule has 2 aliphatic heterocycles. The van der Waals surface area contributed by atoms with Crippen molar-refractivity contribution in [2.75, 3.05) is 33.2 Å². The first kappa shape index (κ1) is 63.1. The van der Waals surface area contributed by atoms with Crippen molar-refractivity contribution in [2.24, 2.45) is 16.4 Å². The highest BCUT2D eigenvalue weighted by Crippen LogP contribution is 2.38. The summed E-state index contributed by atoms with van der Waals surface area (Å²) in [5, 5.41) is 2.07. The molecule has 24 heteroatoms. The van der Waals surface area contributed by atoms with E-state index in [4.69, 9.17) is 55.0 Å². The van der Waals surface area contributed by atoms with Crippen molar-refractivity contribution in [1.82, 2.24) is 37.7 Å². The summed E-state index contributed by atoms with van der Waals surface area (Å²) < 4.78 is 69.9. The molecule has 2 atom stereocenters. The quantitative estimate of drug-likeness (QED) is 0.110. The summed E-state index contributed by atoms with van der Waals surface area (Å²) in [5.41, 5.74) is 7.89. The minimum Gasteiger partial charge on any atom is -0.444 e. The minimum absolute atomic E-state index is 0.0344. The fourth-order valence-corrected chi connectivity index (χ4v) is 12.5. The van der Waals surface area contributed by atoms with Gasteiger partial charge in [-0.15, -0.1) is 0 Å². The average molecular weight is 1230 g/mol. The van der Waals surface area contributed by atoms with E-state index in [1.165, 1.54) is 20.3 Å². The Kier molecular flexibility index (Phi) is 21.0. The molecule has 8 aromatic rings. The molecular weight excluding hydrogens is 1170 g/mol. The number of rotatable bonds is 8. The van der Waals surface area contributed by atoms with Crippen molar-refractivity contribution >= 4 is 97.9 Å². The number of hydrogen-bond donors (Lipinski definition) is 1. The summed E-state index contributed by atoms with van der Waals surface area (Å²) in [6.45, 7) is 13.8. The molecule has 2 N–H and O–H groups in total. The maximum absolute atomic E-state index is 13.5. The molecular formula is C58H66Cl3N10O8PS2. The van der Waals surface area contributed by atoms with Crippen molar-refractivity contribution in [3.63, 3.8) is 0 Å². The van der Waals surface area contributed by atoms with Gasteiger partial charge in [0, 0.05) is 86.2 Å². The van der Waals surface area contributed by atoms with Gasteiger partial charge in [-0.1, -0.05) is 96.0 Å². The first-order valence-corrected chi connectivity index (χ1v) is 30.8. The third-order valence-corrected chi connectivity index (χ3v) is 16.8. The smallest absolute Gasteiger partial charge is 0.410 e. The lowest BCUT2D eigenvalue weighted by Crippen LogP contribution is -2.47. The number of carbonyl (C=O) groups excluding carboxylic acids is 2. The fourth-order valence-electron chi connectivity index (χ4n) is 9.20. The topological polar surface area (TPSA) is 227 Å². The van der Waals surface area contributed by atoms with Gasteiger partial charge in [-0.05, 0) is 130 Å². The summed E-state index contributed by atoms with van der Waals surface area (Å²) in [6.07, 6.45) is 9.84.